The quantitative estimate of drug-likeness (QED) is 0.457. The number of hydrogen-bond acceptors (Lipinski definition) is 5. The lowest BCUT2D eigenvalue weighted by molar-refractivity contribution is -0.142. The molecule has 4 rings (SSSR count). The number of ether oxygens (including phenoxy) is 1. The Kier molecular flexibility index (Phi) is 7.94. The summed E-state index contributed by atoms with van der Waals surface area (Å²) < 4.78 is 48.0. The number of hydrogen-bond donors (Lipinski definition) is 1. The van der Waals surface area contributed by atoms with Gasteiger partial charge in [-0.2, -0.15) is 0 Å². The van der Waals surface area contributed by atoms with Crippen molar-refractivity contribution in [2.75, 3.05) is 18.1 Å². The average Bonchev–Trinajstić information content (AvgIpc) is 3.67. The number of anilines is 1. The highest BCUT2D eigenvalue weighted by atomic mass is 19.3. The molecule has 9 heteroatoms. The van der Waals surface area contributed by atoms with E-state index < -0.39 is 23.6 Å². The number of benzene rings is 1. The molecule has 2 heterocycles. The van der Waals surface area contributed by atoms with E-state index in [0.717, 1.165) is 38.2 Å². The summed E-state index contributed by atoms with van der Waals surface area (Å²) >= 11 is 0. The molecular formula is C26H32F3N3O3. The molecule has 1 aliphatic carbocycles. The first-order valence-corrected chi connectivity index (χ1v) is 12.3. The Morgan fingerprint density at radius 3 is 2.46 bits per heavy atom. The van der Waals surface area contributed by atoms with Crippen molar-refractivity contribution in [2.45, 2.75) is 70.4 Å². The van der Waals surface area contributed by atoms with E-state index in [4.69, 9.17) is 4.74 Å². The van der Waals surface area contributed by atoms with Crippen molar-refractivity contribution in [3.8, 4) is 0 Å². The second-order valence-electron chi connectivity index (χ2n) is 9.77. The minimum atomic E-state index is -2.92. The lowest BCUT2D eigenvalue weighted by Crippen LogP contribution is -2.28. The number of aliphatic carboxylic acids is 1. The molecule has 6 nitrogen and oxygen atoms in total. The SMILES string of the molecule is CC(F)(F)c1ccc(CN(c2ncnc(CCC(CC3CCOCC3)C(=O)O)c2F)C2CC2)cc1. The van der Waals surface area contributed by atoms with Gasteiger partial charge in [0.1, 0.15) is 6.33 Å². The second-order valence-corrected chi connectivity index (χ2v) is 9.77. The van der Waals surface area contributed by atoms with Crippen LogP contribution in [-0.2, 0) is 28.4 Å². The summed E-state index contributed by atoms with van der Waals surface area (Å²) in [5.74, 6) is -4.40. The Morgan fingerprint density at radius 2 is 1.86 bits per heavy atom. The van der Waals surface area contributed by atoms with Crippen LogP contribution in [0.4, 0.5) is 19.0 Å². The van der Waals surface area contributed by atoms with Crippen LogP contribution in [-0.4, -0.2) is 40.3 Å². The summed E-state index contributed by atoms with van der Waals surface area (Å²) in [5, 5.41) is 9.70. The average molecular weight is 492 g/mol. The Balaban J connectivity index is 1.46. The molecule has 35 heavy (non-hydrogen) atoms. The van der Waals surface area contributed by atoms with Crippen LogP contribution in [0.15, 0.2) is 30.6 Å². The summed E-state index contributed by atoms with van der Waals surface area (Å²) in [5.41, 5.74) is 0.926. The molecule has 1 unspecified atom stereocenters. The summed E-state index contributed by atoms with van der Waals surface area (Å²) in [6.45, 7) is 2.51. The summed E-state index contributed by atoms with van der Waals surface area (Å²) in [6, 6.07) is 6.19. The molecule has 1 saturated carbocycles. The fourth-order valence-electron chi connectivity index (χ4n) is 4.67. The monoisotopic (exact) mass is 491 g/mol. The standard InChI is InChI=1S/C26H32F3N3O3/c1-26(28,29)20-5-2-18(3-6-20)15-32(21-7-8-21)24-23(27)22(30-16-31-24)9-4-19(25(33)34)14-17-10-12-35-13-11-17/h2-3,5-6,16-17,19,21H,4,7-15H2,1H3,(H,33,34). The van der Waals surface area contributed by atoms with Gasteiger partial charge < -0.3 is 14.7 Å². The number of alkyl halides is 2. The number of aromatic nitrogens is 2. The first-order valence-electron chi connectivity index (χ1n) is 12.3. The smallest absolute Gasteiger partial charge is 0.306 e. The Labute approximate surface area is 203 Å². The third-order valence-electron chi connectivity index (χ3n) is 6.95. The molecule has 190 valence electrons. The number of halogens is 3. The zero-order chi connectivity index (χ0) is 25.0. The fraction of sp³-hybridized carbons (Fsp3) is 0.577. The molecule has 0 amide bonds. The van der Waals surface area contributed by atoms with E-state index in [1.165, 1.54) is 18.5 Å². The van der Waals surface area contributed by atoms with E-state index >= 15 is 4.39 Å². The van der Waals surface area contributed by atoms with Crippen molar-refractivity contribution in [1.82, 2.24) is 9.97 Å². The van der Waals surface area contributed by atoms with Gasteiger partial charge in [0.15, 0.2) is 11.6 Å². The molecule has 0 radical (unpaired) electrons. The minimum absolute atomic E-state index is 0.0662. The lowest BCUT2D eigenvalue weighted by Gasteiger charge is -2.26. The van der Waals surface area contributed by atoms with Gasteiger partial charge in [-0.3, -0.25) is 4.79 Å². The molecule has 2 aliphatic rings. The molecular weight excluding hydrogens is 459 g/mol. The Morgan fingerprint density at radius 1 is 1.17 bits per heavy atom. The molecule has 1 aromatic heterocycles. The van der Waals surface area contributed by atoms with Gasteiger partial charge in [0.25, 0.3) is 5.92 Å². The van der Waals surface area contributed by atoms with Gasteiger partial charge in [0.05, 0.1) is 11.6 Å². The second kappa shape index (κ2) is 10.9. The Hall–Kier alpha value is -2.68. The number of carboxylic acid groups (broad SMARTS) is 1. The topological polar surface area (TPSA) is 75.5 Å². The van der Waals surface area contributed by atoms with Crippen LogP contribution in [0.1, 0.15) is 62.3 Å². The van der Waals surface area contributed by atoms with Gasteiger partial charge in [-0.05, 0) is 56.4 Å². The van der Waals surface area contributed by atoms with E-state index in [0.29, 0.717) is 38.5 Å². The zero-order valence-corrected chi connectivity index (χ0v) is 19.9. The molecule has 1 atom stereocenters. The predicted molar refractivity (Wildman–Crippen MR) is 125 cm³/mol. The minimum Gasteiger partial charge on any atom is -0.481 e. The number of carboxylic acids is 1. The van der Waals surface area contributed by atoms with Crippen LogP contribution < -0.4 is 4.90 Å². The number of rotatable bonds is 11. The van der Waals surface area contributed by atoms with Crippen molar-refractivity contribution < 1.29 is 27.8 Å². The predicted octanol–water partition coefficient (Wildman–Crippen LogP) is 5.35. The number of carbonyl (C=O) groups is 1. The van der Waals surface area contributed by atoms with Crippen LogP contribution in [0.2, 0.25) is 0 Å². The highest BCUT2D eigenvalue weighted by Crippen LogP contribution is 2.35. The van der Waals surface area contributed by atoms with E-state index in [-0.39, 0.29) is 29.5 Å². The van der Waals surface area contributed by atoms with E-state index in [2.05, 4.69) is 9.97 Å². The first kappa shape index (κ1) is 25.4. The molecule has 1 aromatic carbocycles. The van der Waals surface area contributed by atoms with Crippen LogP contribution in [0.3, 0.4) is 0 Å². The van der Waals surface area contributed by atoms with Crippen LogP contribution in [0.25, 0.3) is 0 Å². The highest BCUT2D eigenvalue weighted by molar-refractivity contribution is 5.70. The molecule has 1 N–H and O–H groups in total. The summed E-state index contributed by atoms with van der Waals surface area (Å²) in [6.07, 6.45) is 5.88. The molecule has 1 aliphatic heterocycles. The van der Waals surface area contributed by atoms with Crippen molar-refractivity contribution >= 4 is 11.8 Å². The molecule has 2 fully saturated rings. The third-order valence-corrected chi connectivity index (χ3v) is 6.95. The maximum Gasteiger partial charge on any atom is 0.306 e. The zero-order valence-electron chi connectivity index (χ0n) is 19.9. The van der Waals surface area contributed by atoms with E-state index in [9.17, 15) is 18.7 Å². The number of aryl methyl sites for hydroxylation is 1. The maximum atomic E-state index is 15.5. The van der Waals surface area contributed by atoms with Crippen LogP contribution >= 0.6 is 0 Å². The largest absolute Gasteiger partial charge is 0.481 e. The van der Waals surface area contributed by atoms with E-state index in [1.807, 2.05) is 4.90 Å². The van der Waals surface area contributed by atoms with Crippen molar-refractivity contribution in [3.63, 3.8) is 0 Å². The van der Waals surface area contributed by atoms with Gasteiger partial charge in [-0.1, -0.05) is 24.3 Å². The van der Waals surface area contributed by atoms with Crippen LogP contribution in [0, 0.1) is 17.7 Å². The van der Waals surface area contributed by atoms with Gasteiger partial charge in [-0.25, -0.2) is 23.1 Å². The normalized spacial score (nSPS) is 17.8. The maximum absolute atomic E-state index is 15.5. The van der Waals surface area contributed by atoms with Crippen LogP contribution in [0.5, 0.6) is 0 Å². The molecule has 0 spiro atoms. The van der Waals surface area contributed by atoms with Gasteiger partial charge in [0, 0.05) is 38.3 Å². The van der Waals surface area contributed by atoms with Gasteiger partial charge in [0.2, 0.25) is 0 Å². The van der Waals surface area contributed by atoms with Gasteiger partial charge >= 0.3 is 5.97 Å². The van der Waals surface area contributed by atoms with Gasteiger partial charge in [-0.15, -0.1) is 0 Å². The Bertz CT molecular complexity index is 1000. The summed E-state index contributed by atoms with van der Waals surface area (Å²) in [7, 11) is 0. The molecule has 0 bridgehead atoms. The van der Waals surface area contributed by atoms with Crippen molar-refractivity contribution in [2.24, 2.45) is 11.8 Å². The highest BCUT2D eigenvalue weighted by Gasteiger charge is 2.33. The van der Waals surface area contributed by atoms with E-state index in [1.54, 1.807) is 12.1 Å². The number of nitrogens with zero attached hydrogens (tertiary/aromatic N) is 3. The molecule has 1 saturated heterocycles. The molecule has 2 aromatic rings. The first-order chi connectivity index (χ1) is 16.7. The van der Waals surface area contributed by atoms with Crippen molar-refractivity contribution in [3.05, 3.63) is 53.2 Å². The lowest BCUT2D eigenvalue weighted by atomic mass is 9.86. The fourth-order valence-corrected chi connectivity index (χ4v) is 4.67. The van der Waals surface area contributed by atoms with Crippen molar-refractivity contribution in [1.29, 1.82) is 0 Å². The third kappa shape index (κ3) is 6.72. The summed E-state index contributed by atoms with van der Waals surface area (Å²) in [4.78, 5) is 22.0.